The maximum absolute atomic E-state index is 13.4. The highest BCUT2D eigenvalue weighted by atomic mass is 19.3. The molecule has 1 aliphatic rings. The van der Waals surface area contributed by atoms with Crippen LogP contribution in [0.15, 0.2) is 42.7 Å². The van der Waals surface area contributed by atoms with E-state index >= 15 is 0 Å². The number of nitrogens with one attached hydrogen (secondary N) is 1. The van der Waals surface area contributed by atoms with E-state index in [1.54, 1.807) is 31.6 Å². The lowest BCUT2D eigenvalue weighted by Crippen LogP contribution is -2.29. The summed E-state index contributed by atoms with van der Waals surface area (Å²) < 4.78 is 26.8. The molecule has 5 nitrogen and oxygen atoms in total. The Balaban J connectivity index is 1.78. The number of hydrogen-bond acceptors (Lipinski definition) is 4. The normalized spacial score (nSPS) is 14.7. The molecule has 30 heavy (non-hydrogen) atoms. The number of hydrogen-bond donors (Lipinski definition) is 2. The van der Waals surface area contributed by atoms with E-state index in [2.05, 4.69) is 27.1 Å². The van der Waals surface area contributed by atoms with E-state index in [0.29, 0.717) is 35.5 Å². The fourth-order valence-electron chi connectivity index (χ4n) is 3.44. The fourth-order valence-corrected chi connectivity index (χ4v) is 3.44. The van der Waals surface area contributed by atoms with Gasteiger partial charge in [0.15, 0.2) is 0 Å². The summed E-state index contributed by atoms with van der Waals surface area (Å²) in [6.45, 7) is 0.860. The van der Waals surface area contributed by atoms with Gasteiger partial charge in [0.05, 0.1) is 16.7 Å². The van der Waals surface area contributed by atoms with Crippen LogP contribution in [-0.4, -0.2) is 22.9 Å². The number of carbonyl (C=O) groups is 1. The SMILES string of the molecule is CNc1ncc(C#Cc2ccc(C(C)(F)F)cc2)c2cc(C3(C(N)=O)CC3)ncc12. The first-order chi connectivity index (χ1) is 14.2. The third-order valence-electron chi connectivity index (χ3n) is 5.45. The van der Waals surface area contributed by atoms with Crippen LogP contribution in [-0.2, 0) is 16.1 Å². The molecule has 1 amide bonds. The summed E-state index contributed by atoms with van der Waals surface area (Å²) in [7, 11) is 1.76. The Morgan fingerprint density at radius 2 is 1.83 bits per heavy atom. The van der Waals surface area contributed by atoms with Crippen molar-refractivity contribution in [3.05, 3.63) is 65.1 Å². The van der Waals surface area contributed by atoms with Crippen molar-refractivity contribution >= 4 is 22.5 Å². The molecule has 2 heterocycles. The van der Waals surface area contributed by atoms with Crippen LogP contribution in [0.25, 0.3) is 10.8 Å². The minimum absolute atomic E-state index is 0.0598. The van der Waals surface area contributed by atoms with E-state index in [0.717, 1.165) is 17.7 Å². The Kier molecular flexibility index (Phi) is 4.65. The van der Waals surface area contributed by atoms with Gasteiger partial charge in [-0.1, -0.05) is 24.0 Å². The van der Waals surface area contributed by atoms with Crippen molar-refractivity contribution in [2.45, 2.75) is 31.1 Å². The summed E-state index contributed by atoms with van der Waals surface area (Å²) in [6.07, 6.45) is 4.68. The molecule has 1 aromatic carbocycles. The number of primary amides is 1. The topological polar surface area (TPSA) is 80.9 Å². The number of amides is 1. The smallest absolute Gasteiger partial charge is 0.270 e. The highest BCUT2D eigenvalue weighted by Gasteiger charge is 2.51. The summed E-state index contributed by atoms with van der Waals surface area (Å²) in [4.78, 5) is 20.8. The van der Waals surface area contributed by atoms with Crippen LogP contribution >= 0.6 is 0 Å². The van der Waals surface area contributed by atoms with Gasteiger partial charge in [-0.3, -0.25) is 9.78 Å². The monoisotopic (exact) mass is 406 g/mol. The lowest BCUT2D eigenvalue weighted by atomic mass is 9.98. The number of aromatic nitrogens is 2. The third kappa shape index (κ3) is 3.45. The molecule has 0 radical (unpaired) electrons. The van der Waals surface area contributed by atoms with Gasteiger partial charge < -0.3 is 11.1 Å². The molecule has 2 aromatic heterocycles. The number of alkyl halides is 2. The Morgan fingerprint density at radius 3 is 2.40 bits per heavy atom. The van der Waals surface area contributed by atoms with E-state index in [9.17, 15) is 13.6 Å². The van der Waals surface area contributed by atoms with Gasteiger partial charge in [0.2, 0.25) is 5.91 Å². The van der Waals surface area contributed by atoms with Crippen LogP contribution in [0.3, 0.4) is 0 Å². The lowest BCUT2D eigenvalue weighted by Gasteiger charge is -2.13. The van der Waals surface area contributed by atoms with Crippen LogP contribution < -0.4 is 11.1 Å². The number of nitrogens with two attached hydrogens (primary N) is 1. The maximum Gasteiger partial charge on any atom is 0.270 e. The Morgan fingerprint density at radius 1 is 1.13 bits per heavy atom. The lowest BCUT2D eigenvalue weighted by molar-refractivity contribution is -0.120. The molecule has 152 valence electrons. The Hall–Kier alpha value is -3.53. The molecule has 0 spiro atoms. The second kappa shape index (κ2) is 7.06. The third-order valence-corrected chi connectivity index (χ3v) is 5.45. The number of carbonyl (C=O) groups excluding carboxylic acids is 1. The molecular formula is C23H20F2N4O. The van der Waals surface area contributed by atoms with Crippen LogP contribution in [0, 0.1) is 11.8 Å². The predicted octanol–water partition coefficient (Wildman–Crippen LogP) is 3.70. The first-order valence-corrected chi connectivity index (χ1v) is 9.52. The molecule has 0 saturated heterocycles. The van der Waals surface area contributed by atoms with Gasteiger partial charge >= 0.3 is 0 Å². The molecule has 0 atom stereocenters. The highest BCUT2D eigenvalue weighted by Crippen LogP contribution is 2.47. The van der Waals surface area contributed by atoms with Gasteiger partial charge in [-0.05, 0) is 31.0 Å². The molecule has 3 N–H and O–H groups in total. The first kappa shape index (κ1) is 19.8. The van der Waals surface area contributed by atoms with Crippen LogP contribution in [0.4, 0.5) is 14.6 Å². The molecule has 1 saturated carbocycles. The zero-order valence-electron chi connectivity index (χ0n) is 16.6. The molecule has 0 unspecified atom stereocenters. The second-order valence-electron chi connectivity index (χ2n) is 7.55. The fraction of sp³-hybridized carbons (Fsp3) is 0.261. The van der Waals surface area contributed by atoms with E-state index in [1.165, 1.54) is 12.1 Å². The van der Waals surface area contributed by atoms with Crippen molar-refractivity contribution in [3.8, 4) is 11.8 Å². The average molecular weight is 406 g/mol. The number of fused-ring (bicyclic) bond motifs is 1. The van der Waals surface area contributed by atoms with Gasteiger partial charge in [0.25, 0.3) is 5.92 Å². The number of nitrogens with zero attached hydrogens (tertiary/aromatic N) is 2. The zero-order chi connectivity index (χ0) is 21.5. The van der Waals surface area contributed by atoms with E-state index in [-0.39, 0.29) is 11.5 Å². The number of anilines is 1. The molecule has 3 aromatic rings. The highest BCUT2D eigenvalue weighted by molar-refractivity contribution is 5.97. The van der Waals surface area contributed by atoms with Crippen molar-refractivity contribution in [2.24, 2.45) is 5.73 Å². The van der Waals surface area contributed by atoms with Crippen molar-refractivity contribution in [1.29, 1.82) is 0 Å². The summed E-state index contributed by atoms with van der Waals surface area (Å²) in [5.74, 6) is 3.45. The van der Waals surface area contributed by atoms with Gasteiger partial charge in [-0.2, -0.15) is 0 Å². The summed E-state index contributed by atoms with van der Waals surface area (Å²) in [5, 5.41) is 4.60. The molecule has 4 rings (SSSR count). The van der Waals surface area contributed by atoms with E-state index < -0.39 is 11.3 Å². The molecule has 7 heteroatoms. The first-order valence-electron chi connectivity index (χ1n) is 9.52. The van der Waals surface area contributed by atoms with Gasteiger partial charge in [-0.25, -0.2) is 13.8 Å². The number of halogens is 2. The summed E-state index contributed by atoms with van der Waals surface area (Å²) in [5.41, 5.74) is 6.72. The zero-order valence-corrected chi connectivity index (χ0v) is 16.6. The van der Waals surface area contributed by atoms with E-state index in [4.69, 9.17) is 5.73 Å². The van der Waals surface area contributed by atoms with Crippen molar-refractivity contribution in [1.82, 2.24) is 9.97 Å². The standard InChI is InChI=1S/C23H20F2N4O/c1-22(24,25)16-7-4-14(5-8-16)3-6-15-12-29-20(27-2)18-13-28-19(11-17(15)18)23(9-10-23)21(26)30/h4-5,7-8,11-13H,9-10H2,1-2H3,(H2,26,30)(H,27,29). The quantitative estimate of drug-likeness (QED) is 0.648. The number of benzene rings is 1. The summed E-state index contributed by atoms with van der Waals surface area (Å²) in [6, 6.07) is 7.72. The van der Waals surface area contributed by atoms with Gasteiger partial charge in [0.1, 0.15) is 5.82 Å². The molecule has 0 bridgehead atoms. The van der Waals surface area contributed by atoms with Crippen molar-refractivity contribution in [3.63, 3.8) is 0 Å². The second-order valence-corrected chi connectivity index (χ2v) is 7.55. The molecule has 1 fully saturated rings. The Bertz CT molecular complexity index is 1200. The van der Waals surface area contributed by atoms with Crippen LogP contribution in [0.2, 0.25) is 0 Å². The minimum Gasteiger partial charge on any atom is -0.373 e. The molecule has 1 aliphatic carbocycles. The van der Waals surface area contributed by atoms with Crippen LogP contribution in [0.5, 0.6) is 0 Å². The maximum atomic E-state index is 13.4. The minimum atomic E-state index is -2.89. The van der Waals surface area contributed by atoms with Gasteiger partial charge in [-0.15, -0.1) is 0 Å². The molecular weight excluding hydrogens is 386 g/mol. The predicted molar refractivity (Wildman–Crippen MR) is 111 cm³/mol. The van der Waals surface area contributed by atoms with Gasteiger partial charge in [0, 0.05) is 48.3 Å². The Labute approximate surface area is 172 Å². The van der Waals surface area contributed by atoms with E-state index in [1.807, 2.05) is 6.07 Å². The van der Waals surface area contributed by atoms with Crippen molar-refractivity contribution in [2.75, 3.05) is 12.4 Å². The average Bonchev–Trinajstić information content (AvgIpc) is 3.53. The number of pyridine rings is 2. The molecule has 0 aliphatic heterocycles. The largest absolute Gasteiger partial charge is 0.373 e. The number of rotatable bonds is 4. The van der Waals surface area contributed by atoms with Crippen LogP contribution in [0.1, 0.15) is 42.1 Å². The summed E-state index contributed by atoms with van der Waals surface area (Å²) >= 11 is 0. The van der Waals surface area contributed by atoms with Crippen molar-refractivity contribution < 1.29 is 13.6 Å².